The van der Waals surface area contributed by atoms with Gasteiger partial charge in [0.05, 0.1) is 0 Å². The van der Waals surface area contributed by atoms with Crippen molar-refractivity contribution in [2.24, 2.45) is 0 Å². The SMILES string of the molecule is CNC(C)c1cc(F)c(C)cc1Oc1ccc(F)c(F)c1. The first-order valence-corrected chi connectivity index (χ1v) is 6.52. The van der Waals surface area contributed by atoms with E-state index in [1.807, 2.05) is 6.92 Å². The Hall–Kier alpha value is -2.01. The van der Waals surface area contributed by atoms with Crippen molar-refractivity contribution in [1.29, 1.82) is 0 Å². The summed E-state index contributed by atoms with van der Waals surface area (Å²) in [5.41, 5.74) is 1.02. The van der Waals surface area contributed by atoms with Crippen molar-refractivity contribution in [3.05, 3.63) is 58.9 Å². The molecule has 0 radical (unpaired) electrons. The van der Waals surface area contributed by atoms with Gasteiger partial charge in [-0.3, -0.25) is 0 Å². The monoisotopic (exact) mass is 295 g/mol. The summed E-state index contributed by atoms with van der Waals surface area (Å²) in [6, 6.07) is 6.04. The van der Waals surface area contributed by atoms with Crippen LogP contribution < -0.4 is 10.1 Å². The smallest absolute Gasteiger partial charge is 0.162 e. The van der Waals surface area contributed by atoms with Crippen molar-refractivity contribution in [2.75, 3.05) is 7.05 Å². The van der Waals surface area contributed by atoms with Crippen LogP contribution in [0.2, 0.25) is 0 Å². The lowest BCUT2D eigenvalue weighted by atomic mass is 10.0. The third-order valence-corrected chi connectivity index (χ3v) is 3.31. The molecule has 1 atom stereocenters. The van der Waals surface area contributed by atoms with Gasteiger partial charge in [0, 0.05) is 17.7 Å². The van der Waals surface area contributed by atoms with E-state index in [2.05, 4.69) is 5.32 Å². The van der Waals surface area contributed by atoms with Gasteiger partial charge in [0.25, 0.3) is 0 Å². The Bertz CT molecular complexity index is 658. The van der Waals surface area contributed by atoms with Gasteiger partial charge >= 0.3 is 0 Å². The summed E-state index contributed by atoms with van der Waals surface area (Å²) in [7, 11) is 1.74. The van der Waals surface area contributed by atoms with Crippen LogP contribution in [0.4, 0.5) is 13.2 Å². The summed E-state index contributed by atoms with van der Waals surface area (Å²) in [5, 5.41) is 2.99. The van der Waals surface area contributed by atoms with Crippen LogP contribution in [0.3, 0.4) is 0 Å². The number of halogens is 3. The summed E-state index contributed by atoms with van der Waals surface area (Å²) in [4.78, 5) is 0. The Morgan fingerprint density at radius 1 is 1.00 bits per heavy atom. The second-order valence-corrected chi connectivity index (χ2v) is 4.83. The molecule has 112 valence electrons. The minimum atomic E-state index is -0.991. The minimum absolute atomic E-state index is 0.152. The van der Waals surface area contributed by atoms with Crippen LogP contribution in [-0.4, -0.2) is 7.05 Å². The third kappa shape index (κ3) is 3.36. The molecule has 0 fully saturated rings. The van der Waals surface area contributed by atoms with Crippen molar-refractivity contribution in [1.82, 2.24) is 5.32 Å². The topological polar surface area (TPSA) is 21.3 Å². The Morgan fingerprint density at radius 2 is 1.71 bits per heavy atom. The van der Waals surface area contributed by atoms with Gasteiger partial charge in [-0.05, 0) is 50.7 Å². The van der Waals surface area contributed by atoms with Crippen LogP contribution in [0.5, 0.6) is 11.5 Å². The third-order valence-electron chi connectivity index (χ3n) is 3.31. The molecule has 1 unspecified atom stereocenters. The Morgan fingerprint density at radius 3 is 2.33 bits per heavy atom. The average Bonchev–Trinajstić information content (AvgIpc) is 2.45. The lowest BCUT2D eigenvalue weighted by molar-refractivity contribution is 0.448. The van der Waals surface area contributed by atoms with Gasteiger partial charge in [-0.2, -0.15) is 0 Å². The fourth-order valence-corrected chi connectivity index (χ4v) is 1.92. The maximum absolute atomic E-state index is 13.7. The predicted molar refractivity (Wildman–Crippen MR) is 75.0 cm³/mol. The quantitative estimate of drug-likeness (QED) is 0.897. The van der Waals surface area contributed by atoms with Gasteiger partial charge in [0.2, 0.25) is 0 Å². The molecule has 2 aromatic carbocycles. The maximum atomic E-state index is 13.7. The van der Waals surface area contributed by atoms with Crippen LogP contribution >= 0.6 is 0 Å². The fourth-order valence-electron chi connectivity index (χ4n) is 1.92. The van der Waals surface area contributed by atoms with E-state index in [1.54, 1.807) is 20.0 Å². The molecule has 2 rings (SSSR count). The van der Waals surface area contributed by atoms with Gasteiger partial charge in [-0.25, -0.2) is 13.2 Å². The molecule has 0 saturated heterocycles. The van der Waals surface area contributed by atoms with Crippen molar-refractivity contribution in [3.63, 3.8) is 0 Å². The molecule has 0 aliphatic heterocycles. The number of hydrogen-bond acceptors (Lipinski definition) is 2. The highest BCUT2D eigenvalue weighted by Crippen LogP contribution is 2.32. The molecule has 2 nitrogen and oxygen atoms in total. The first-order chi connectivity index (χ1) is 9.92. The zero-order chi connectivity index (χ0) is 15.6. The van der Waals surface area contributed by atoms with Gasteiger partial charge < -0.3 is 10.1 Å². The van der Waals surface area contributed by atoms with E-state index in [0.717, 1.165) is 12.1 Å². The zero-order valence-electron chi connectivity index (χ0n) is 12.0. The number of ether oxygens (including phenoxy) is 1. The van der Waals surface area contributed by atoms with E-state index in [9.17, 15) is 13.2 Å². The molecule has 0 bridgehead atoms. The molecule has 21 heavy (non-hydrogen) atoms. The van der Waals surface area contributed by atoms with E-state index in [1.165, 1.54) is 12.1 Å². The fraction of sp³-hybridized carbons (Fsp3) is 0.250. The Labute approximate surface area is 121 Å². The van der Waals surface area contributed by atoms with Crippen molar-refractivity contribution < 1.29 is 17.9 Å². The highest BCUT2D eigenvalue weighted by atomic mass is 19.2. The number of aryl methyl sites for hydroxylation is 1. The molecular weight excluding hydrogens is 279 g/mol. The molecule has 0 aliphatic carbocycles. The minimum Gasteiger partial charge on any atom is -0.457 e. The zero-order valence-corrected chi connectivity index (χ0v) is 12.0. The number of rotatable bonds is 4. The van der Waals surface area contributed by atoms with Crippen LogP contribution in [0.15, 0.2) is 30.3 Å². The molecule has 0 heterocycles. The van der Waals surface area contributed by atoms with Crippen LogP contribution in [-0.2, 0) is 0 Å². The molecule has 0 aromatic heterocycles. The largest absolute Gasteiger partial charge is 0.457 e. The number of benzene rings is 2. The second kappa shape index (κ2) is 6.18. The van der Waals surface area contributed by atoms with E-state index in [0.29, 0.717) is 16.9 Å². The van der Waals surface area contributed by atoms with E-state index in [4.69, 9.17) is 4.74 Å². The summed E-state index contributed by atoms with van der Waals surface area (Å²) < 4.78 is 45.5. The van der Waals surface area contributed by atoms with Gasteiger partial charge in [-0.15, -0.1) is 0 Å². The number of nitrogens with one attached hydrogen (secondary N) is 1. The molecule has 0 amide bonds. The van der Waals surface area contributed by atoms with Crippen LogP contribution in [0.25, 0.3) is 0 Å². The lowest BCUT2D eigenvalue weighted by Crippen LogP contribution is -2.13. The molecule has 5 heteroatoms. The highest BCUT2D eigenvalue weighted by Gasteiger charge is 2.15. The first kappa shape index (κ1) is 15.4. The Kier molecular flexibility index (Phi) is 4.53. The summed E-state index contributed by atoms with van der Waals surface area (Å²) in [6.45, 7) is 3.46. The average molecular weight is 295 g/mol. The van der Waals surface area contributed by atoms with Crippen molar-refractivity contribution in [3.8, 4) is 11.5 Å². The summed E-state index contributed by atoms with van der Waals surface area (Å²) in [5.74, 6) is -1.72. The first-order valence-electron chi connectivity index (χ1n) is 6.52. The molecule has 0 aliphatic rings. The van der Waals surface area contributed by atoms with E-state index in [-0.39, 0.29) is 17.6 Å². The van der Waals surface area contributed by atoms with Gasteiger partial charge in [0.1, 0.15) is 17.3 Å². The van der Waals surface area contributed by atoms with Crippen molar-refractivity contribution >= 4 is 0 Å². The summed E-state index contributed by atoms with van der Waals surface area (Å²) in [6.07, 6.45) is 0. The van der Waals surface area contributed by atoms with Crippen LogP contribution in [0.1, 0.15) is 24.1 Å². The normalized spacial score (nSPS) is 12.3. The highest BCUT2D eigenvalue weighted by molar-refractivity contribution is 5.43. The molecule has 0 saturated carbocycles. The molecule has 0 spiro atoms. The molecule has 1 N–H and O–H groups in total. The lowest BCUT2D eigenvalue weighted by Gasteiger charge is -2.17. The van der Waals surface area contributed by atoms with Crippen molar-refractivity contribution in [2.45, 2.75) is 19.9 Å². The van der Waals surface area contributed by atoms with Gasteiger partial charge in [0.15, 0.2) is 11.6 Å². The van der Waals surface area contributed by atoms with Gasteiger partial charge in [-0.1, -0.05) is 0 Å². The van der Waals surface area contributed by atoms with E-state index >= 15 is 0 Å². The second-order valence-electron chi connectivity index (χ2n) is 4.83. The Balaban J connectivity index is 2.42. The van der Waals surface area contributed by atoms with Crippen LogP contribution in [0, 0.1) is 24.4 Å². The standard InChI is InChI=1S/C16H16F3NO/c1-9-6-16(12(8-14(9)18)10(2)20-3)21-11-4-5-13(17)15(19)7-11/h4-8,10,20H,1-3H3. The maximum Gasteiger partial charge on any atom is 0.162 e. The predicted octanol–water partition coefficient (Wildman–Crippen LogP) is 4.49. The number of hydrogen-bond donors (Lipinski definition) is 1. The molecule has 2 aromatic rings. The summed E-state index contributed by atoms with van der Waals surface area (Å²) >= 11 is 0. The molecular formula is C16H16F3NO. The van der Waals surface area contributed by atoms with E-state index < -0.39 is 11.6 Å².